The van der Waals surface area contributed by atoms with Gasteiger partial charge in [0.15, 0.2) is 6.31 Å². The zero-order chi connectivity index (χ0) is 39.6. The zero-order valence-electron chi connectivity index (χ0n) is 38.1. The molecule has 2 atom stereocenters. The fourth-order valence-corrected chi connectivity index (χ4v) is 41.0. The summed E-state index contributed by atoms with van der Waals surface area (Å²) in [6, 6.07) is 11.3. The molecular weight excluding hydrogens is 711 g/mol. The molecule has 4 fully saturated rings. The molecule has 4 heteroatoms. The van der Waals surface area contributed by atoms with E-state index in [2.05, 4.69) is 113 Å². The third-order valence-electron chi connectivity index (χ3n) is 15.1. The van der Waals surface area contributed by atoms with Crippen LogP contribution in [0.5, 0.6) is 0 Å². The van der Waals surface area contributed by atoms with Gasteiger partial charge in [0.05, 0.1) is 7.56 Å². The van der Waals surface area contributed by atoms with E-state index in [9.17, 15) is 0 Å². The highest BCUT2D eigenvalue weighted by Gasteiger charge is 2.47. The molecule has 2 saturated carbocycles. The van der Waals surface area contributed by atoms with E-state index in [4.69, 9.17) is 0 Å². The maximum Gasteiger partial charge on any atom is 0.160 e. The summed E-state index contributed by atoms with van der Waals surface area (Å²) in [7, 11) is -2.06. The second-order valence-electron chi connectivity index (χ2n) is 21.1. The minimum Gasteiger partial charge on any atom is -0.0936 e. The molecule has 55 heavy (non-hydrogen) atoms. The fraction of sp³-hybridized carbons (Fsp3) is 0.765. The highest BCUT2D eigenvalue weighted by Crippen LogP contribution is 2.57. The first-order chi connectivity index (χ1) is 26.3. The van der Waals surface area contributed by atoms with Crippen molar-refractivity contribution in [3.05, 3.63) is 57.6 Å². The third kappa shape index (κ3) is 9.72. The number of hydrogen-bond donors (Lipinski definition) is 0. The van der Waals surface area contributed by atoms with Crippen LogP contribution in [0.4, 0.5) is 0 Å². The highest BCUT2D eigenvalue weighted by atomic mass is 31.4. The van der Waals surface area contributed by atoms with Crippen LogP contribution in [0.1, 0.15) is 261 Å². The molecule has 0 spiro atoms. The first-order valence-electron chi connectivity index (χ1n) is 24.2. The minimum absolute atomic E-state index is 0.0954. The molecule has 0 nitrogen and oxygen atoms in total. The van der Waals surface area contributed by atoms with Crippen LogP contribution >= 0.6 is 7.47 Å². The standard InChI is InChI=1S/C51H84BPSi2/c1-34(2)40-30-46(36(5)6)50(47(31-40)37(7)8)54(52-42-22-19-20-23-43(52)25-21-24-42)55(53(44-26-15-13-16-27-44)45-28-17-14-18-29-45)51-48(38(9)10)32-41(35(3)4)33-49(51)39(11)12/h30-39,42-45H,13-29H2,1-12H3/b55-54+. The number of fused-ring (bicyclic) bond motifs is 2. The topological polar surface area (TPSA) is 0 Å². The van der Waals surface area contributed by atoms with Crippen molar-refractivity contribution < 1.29 is 0 Å². The van der Waals surface area contributed by atoms with Crippen LogP contribution in [0, 0.1) is 0 Å². The molecule has 2 unspecified atom stereocenters. The average Bonchev–Trinajstić information content (AvgIpc) is 3.27. The number of benzene rings is 2. The van der Waals surface area contributed by atoms with Crippen molar-refractivity contribution >= 4 is 39.5 Å². The lowest BCUT2D eigenvalue weighted by Crippen LogP contribution is -2.57. The van der Waals surface area contributed by atoms with Gasteiger partial charge < -0.3 is 0 Å². The molecule has 2 aromatic carbocycles. The van der Waals surface area contributed by atoms with Gasteiger partial charge in [0.1, 0.15) is 0 Å². The normalized spacial score (nSPS) is 22.6. The van der Waals surface area contributed by atoms with Crippen molar-refractivity contribution in [3.8, 4) is 0 Å². The van der Waals surface area contributed by atoms with E-state index in [1.165, 1.54) is 83.5 Å². The van der Waals surface area contributed by atoms with Gasteiger partial charge in [-0.25, -0.2) is 0 Å². The second kappa shape index (κ2) is 19.6. The van der Waals surface area contributed by atoms with Crippen molar-refractivity contribution in [2.45, 2.75) is 251 Å². The molecule has 2 aromatic rings. The van der Waals surface area contributed by atoms with Gasteiger partial charge in [0.2, 0.25) is 0 Å². The summed E-state index contributed by atoms with van der Waals surface area (Å²) in [6.07, 6.45) is 26.7. The van der Waals surface area contributed by atoms with Crippen LogP contribution in [-0.4, -0.2) is 32.9 Å². The molecule has 6 rings (SSSR count). The van der Waals surface area contributed by atoms with Gasteiger partial charge in [-0.05, 0) is 116 Å². The molecule has 2 saturated heterocycles. The Balaban J connectivity index is 1.90. The number of rotatable bonds is 12. The maximum atomic E-state index is 2.82. The van der Waals surface area contributed by atoms with Crippen molar-refractivity contribution in [2.24, 2.45) is 0 Å². The van der Waals surface area contributed by atoms with Crippen LogP contribution in [-0.2, 0) is 0 Å². The van der Waals surface area contributed by atoms with Gasteiger partial charge >= 0.3 is 0 Å². The van der Waals surface area contributed by atoms with Crippen molar-refractivity contribution in [1.82, 2.24) is 0 Å². The van der Waals surface area contributed by atoms with Crippen LogP contribution in [0.25, 0.3) is 0 Å². The van der Waals surface area contributed by atoms with Crippen LogP contribution in [0.2, 0.25) is 11.6 Å². The Morgan fingerprint density at radius 1 is 0.418 bits per heavy atom. The summed E-state index contributed by atoms with van der Waals surface area (Å²) in [5, 5.41) is 4.09. The van der Waals surface area contributed by atoms with Crippen molar-refractivity contribution in [2.75, 3.05) is 0 Å². The van der Waals surface area contributed by atoms with E-state index in [-0.39, 0.29) is 7.47 Å². The van der Waals surface area contributed by atoms with Gasteiger partial charge in [-0.1, -0.05) is 210 Å². The summed E-state index contributed by atoms with van der Waals surface area (Å²) in [6.45, 7) is 30.6. The molecule has 2 aliphatic carbocycles. The predicted molar refractivity (Wildman–Crippen MR) is 254 cm³/mol. The maximum absolute atomic E-state index is 2.82. The molecule has 0 aromatic heterocycles. The quantitative estimate of drug-likeness (QED) is 0.148. The Kier molecular flexibility index (Phi) is 15.7. The first kappa shape index (κ1) is 43.9. The Morgan fingerprint density at radius 3 is 1.09 bits per heavy atom. The second-order valence-corrected chi connectivity index (χ2v) is 33.8. The van der Waals surface area contributed by atoms with E-state index >= 15 is 0 Å². The fourth-order valence-electron chi connectivity index (χ4n) is 12.0. The molecule has 2 heterocycles. The summed E-state index contributed by atoms with van der Waals surface area (Å²) in [5.74, 6) is 5.37. The molecular formula is C51H84BPSi2. The largest absolute Gasteiger partial charge is 0.160 e. The van der Waals surface area contributed by atoms with E-state index in [0.717, 1.165) is 29.3 Å². The Hall–Kier alpha value is -0.631. The molecule has 304 valence electrons. The smallest absolute Gasteiger partial charge is 0.0936 e. The van der Waals surface area contributed by atoms with Gasteiger partial charge in [0, 0.05) is 7.76 Å². The third-order valence-corrected chi connectivity index (χ3v) is 35.5. The van der Waals surface area contributed by atoms with E-state index in [1.54, 1.807) is 36.8 Å². The monoisotopic (exact) mass is 795 g/mol. The Labute approximate surface area is 346 Å². The summed E-state index contributed by atoms with van der Waals surface area (Å²) in [5.41, 5.74) is 12.5. The van der Waals surface area contributed by atoms with Gasteiger partial charge in [0.25, 0.3) is 0 Å². The van der Waals surface area contributed by atoms with E-state index in [0.29, 0.717) is 35.5 Å². The summed E-state index contributed by atoms with van der Waals surface area (Å²) in [4.78, 5) is 0. The summed E-state index contributed by atoms with van der Waals surface area (Å²) < 4.78 is 0. The lowest BCUT2D eigenvalue weighted by atomic mass is 9.46. The molecule has 2 bridgehead atoms. The molecule has 4 aliphatic rings. The lowest BCUT2D eigenvalue weighted by molar-refractivity contribution is 0.488. The SMILES string of the molecule is CC(C)c1cc(C(C)C)c(/[Si](B2C3CCCCC2CCC3)=[Si](/c2c(C(C)C)cc(C(C)C)cc2C(C)C)P(C2CCCCC2)C2CCCCC2)c(C(C)C)c1. The Bertz CT molecular complexity index is 1510. The van der Waals surface area contributed by atoms with Crippen LogP contribution < -0.4 is 10.4 Å². The molecule has 2 aliphatic heterocycles. The van der Waals surface area contributed by atoms with E-state index < -0.39 is 15.3 Å². The van der Waals surface area contributed by atoms with Crippen molar-refractivity contribution in [1.29, 1.82) is 0 Å². The predicted octanol–water partition coefficient (Wildman–Crippen LogP) is 15.3. The highest BCUT2D eigenvalue weighted by molar-refractivity contribution is 7.97. The van der Waals surface area contributed by atoms with E-state index in [1.807, 2.05) is 27.4 Å². The van der Waals surface area contributed by atoms with Crippen LogP contribution in [0.3, 0.4) is 0 Å². The van der Waals surface area contributed by atoms with Crippen LogP contribution in [0.15, 0.2) is 24.3 Å². The van der Waals surface area contributed by atoms with Gasteiger partial charge in [-0.2, -0.15) is 0 Å². The average molecular weight is 795 g/mol. The van der Waals surface area contributed by atoms with Crippen molar-refractivity contribution in [3.63, 3.8) is 0 Å². The van der Waals surface area contributed by atoms with Gasteiger partial charge in [-0.15, -0.1) is 0 Å². The lowest BCUT2D eigenvalue weighted by Gasteiger charge is -2.45. The zero-order valence-corrected chi connectivity index (χ0v) is 41.0. The Morgan fingerprint density at radius 2 is 0.745 bits per heavy atom. The molecule has 0 amide bonds. The first-order valence-corrected chi connectivity index (χ1v) is 30.6. The van der Waals surface area contributed by atoms with Gasteiger partial charge in [-0.3, -0.25) is 0 Å². The molecule has 0 N–H and O–H groups in total. The molecule has 0 radical (unpaired) electrons. The number of hydrogen-bond acceptors (Lipinski definition) is 0. The minimum atomic E-state index is -0.992. The summed E-state index contributed by atoms with van der Waals surface area (Å²) >= 11 is 0.